The van der Waals surface area contributed by atoms with E-state index in [2.05, 4.69) is 56.6 Å². The van der Waals surface area contributed by atoms with Crippen LogP contribution < -0.4 is 67.6 Å². The summed E-state index contributed by atoms with van der Waals surface area (Å²) in [4.78, 5) is 197. The molecule has 4 aromatic carbocycles. The number of carbonyl (C=O) groups is 14. The SMILES string of the molecule is Cc1cc(OCCCC(=O)NCCCC(=O)[C@H](CS(=O)(=O)O)NC(=O)CC[C@H](NC(=O)CN2CCN(CC(=O)O)CCN(CC(=O)O)CCN(CC(=O)O)CC2)C(=O)N[C@@H](CS(=O)(=O)O)C(=O)CCCNC(=O)CCCOc2cc(C)c(S(=O)(=O)NC(CNC(=O)c3ccc(CCc4cccc(N)n4)cc3)C(=O)O)c(C)c2)cc(C)c1S(=O)(=O)NC(CNC(=O)c1ccc(CCc2cccc(N)n2)cc1)C(=O)O. The van der Waals surface area contributed by atoms with Gasteiger partial charge in [0.1, 0.15) is 64.8 Å². The highest BCUT2D eigenvalue weighted by molar-refractivity contribution is 7.90. The second-order valence-corrected chi connectivity index (χ2v) is 40.4. The Morgan fingerprint density at radius 2 is 0.734 bits per heavy atom. The number of carboxylic acids is 5. The second-order valence-electron chi connectivity index (χ2n) is 34.1. The van der Waals surface area contributed by atoms with Gasteiger partial charge in [0.15, 0.2) is 11.6 Å². The smallest absolute Gasteiger partial charge is 0.323 e. The molecule has 0 radical (unpaired) electrons. The Morgan fingerprint density at radius 3 is 1.07 bits per heavy atom. The number of aromatic nitrogens is 2. The predicted octanol–water partition coefficient (Wildman–Crippen LogP) is -0.797. The molecule has 6 aromatic rings. The van der Waals surface area contributed by atoms with Gasteiger partial charge in [-0.25, -0.2) is 26.8 Å². The van der Waals surface area contributed by atoms with E-state index >= 15 is 0 Å². The van der Waals surface area contributed by atoms with Crippen LogP contribution in [0.3, 0.4) is 0 Å². The van der Waals surface area contributed by atoms with E-state index in [1.54, 1.807) is 60.7 Å². The van der Waals surface area contributed by atoms with Gasteiger partial charge in [-0.05, 0) is 192 Å². The number of hydrogen-bond acceptors (Lipinski definition) is 32. The number of nitrogens with two attached hydrogens (primary N) is 2. The fourth-order valence-corrected chi connectivity index (χ4v) is 19.9. The summed E-state index contributed by atoms with van der Waals surface area (Å²) in [5, 5.41) is 66.0. The number of benzene rings is 4. The lowest BCUT2D eigenvalue weighted by molar-refractivity contribution is -0.140. The van der Waals surface area contributed by atoms with Crippen molar-refractivity contribution in [3.05, 3.63) is 165 Å². The molecule has 52 heteroatoms. The molecule has 143 heavy (non-hydrogen) atoms. The van der Waals surface area contributed by atoms with Crippen molar-refractivity contribution in [1.29, 1.82) is 0 Å². The number of nitrogens with zero attached hydrogens (tertiary/aromatic N) is 6. The van der Waals surface area contributed by atoms with E-state index in [1.807, 2.05) is 12.1 Å². The number of carbonyl (C=O) groups excluding carboxylic acids is 9. The largest absolute Gasteiger partial charge is 0.494 e. The molecule has 0 saturated carbocycles. The quantitative estimate of drug-likeness (QED) is 0.0164. The number of rotatable bonds is 59. The van der Waals surface area contributed by atoms with Gasteiger partial charge in [0.25, 0.3) is 32.1 Å². The second kappa shape index (κ2) is 56.6. The summed E-state index contributed by atoms with van der Waals surface area (Å²) in [5.41, 5.74) is 15.8. The average molecular weight is 2080 g/mol. The molecular weight excluding hydrogens is 1960 g/mol. The minimum Gasteiger partial charge on any atom is -0.494 e. The van der Waals surface area contributed by atoms with Gasteiger partial charge in [-0.1, -0.05) is 36.4 Å². The Kier molecular flexibility index (Phi) is 46.2. The van der Waals surface area contributed by atoms with Crippen LogP contribution in [0.15, 0.2) is 119 Å². The molecule has 0 spiro atoms. The van der Waals surface area contributed by atoms with Gasteiger partial charge >= 0.3 is 29.8 Å². The maximum absolute atomic E-state index is 14.5. The Balaban J connectivity index is 0.923. The highest BCUT2D eigenvalue weighted by Crippen LogP contribution is 2.29. The monoisotopic (exact) mass is 2080 g/mol. The minimum absolute atomic E-state index is 0.0115. The van der Waals surface area contributed by atoms with Gasteiger partial charge < -0.3 is 83.7 Å². The van der Waals surface area contributed by atoms with E-state index in [9.17, 15) is 135 Å². The molecule has 48 nitrogen and oxygen atoms in total. The zero-order chi connectivity index (χ0) is 105. The molecule has 782 valence electrons. The van der Waals surface area contributed by atoms with Crippen molar-refractivity contribution in [2.45, 2.75) is 158 Å². The number of sulfonamides is 2. The average Bonchev–Trinajstić information content (AvgIpc) is 0.790. The van der Waals surface area contributed by atoms with Crippen molar-refractivity contribution in [1.82, 2.24) is 76.2 Å². The number of carboxylic acid groups (broad SMARTS) is 5. The van der Waals surface area contributed by atoms with Crippen molar-refractivity contribution in [3.8, 4) is 11.5 Å². The Bertz CT molecular complexity index is 5910. The van der Waals surface area contributed by atoms with Crippen LogP contribution in [0.1, 0.15) is 130 Å². The van der Waals surface area contributed by atoms with Crippen molar-refractivity contribution in [2.24, 2.45) is 0 Å². The van der Waals surface area contributed by atoms with E-state index in [0.717, 1.165) is 22.5 Å². The van der Waals surface area contributed by atoms with Crippen LogP contribution in [0.25, 0.3) is 0 Å². The summed E-state index contributed by atoms with van der Waals surface area (Å²) in [5.74, 6) is -16.8. The first-order valence-electron chi connectivity index (χ1n) is 45.4. The van der Waals surface area contributed by atoms with Gasteiger partial charge in [-0.2, -0.15) is 26.3 Å². The van der Waals surface area contributed by atoms with E-state index in [1.165, 1.54) is 83.7 Å². The molecule has 2 unspecified atom stereocenters. The molecule has 0 bridgehead atoms. The summed E-state index contributed by atoms with van der Waals surface area (Å²) in [7, 11) is -19.4. The van der Waals surface area contributed by atoms with Crippen molar-refractivity contribution >= 4 is 135 Å². The number of ketones is 2. The van der Waals surface area contributed by atoms with E-state index in [-0.39, 0.29) is 172 Å². The topological polar surface area (TPSA) is 735 Å². The molecule has 0 aliphatic carbocycles. The highest BCUT2D eigenvalue weighted by Gasteiger charge is 2.36. The third kappa shape index (κ3) is 42.9. The number of ether oxygens (including phenoxy) is 2. The molecule has 1 fully saturated rings. The zero-order valence-corrected chi connectivity index (χ0v) is 82.5. The maximum Gasteiger partial charge on any atom is 0.323 e. The van der Waals surface area contributed by atoms with Gasteiger partial charge in [0.05, 0.1) is 49.2 Å². The number of Topliss-reactive ketones (excluding diaryl/α,β-unsaturated/α-hetero) is 2. The number of nitrogens with one attached hydrogen (secondary N) is 9. The summed E-state index contributed by atoms with van der Waals surface area (Å²) in [6, 6.07) is 19.4. The van der Waals surface area contributed by atoms with Gasteiger partial charge in [-0.3, -0.25) is 95.8 Å². The summed E-state index contributed by atoms with van der Waals surface area (Å²) >= 11 is 0. The number of pyridine rings is 2. The Labute approximate surface area is 826 Å². The molecular formula is C91H123N17O31S4. The van der Waals surface area contributed by atoms with Crippen molar-refractivity contribution in [3.63, 3.8) is 0 Å². The molecule has 1 aliphatic rings. The van der Waals surface area contributed by atoms with Crippen LogP contribution in [0.2, 0.25) is 0 Å². The standard InChI is InChI=1S/C91H123N17O31S4/c1-57-45-67(46-58(2)85(57)142(134,135)103-70(90(124)125)49-96-87(121)63-25-19-61(20-26-63)23-29-65-11-5-15-76(92)98-65)138-43-9-17-78(111)94-33-7-13-74(109)72(55-140(128,129)130)101-80(113)32-31-69(100-81(114)51-105-35-37-106(52-82(115)116)39-41-108(54-84(119)120)42-40-107(38-36-105)53-83(117)118)89(123)102-73(56-141(131,132)133)75(110)14-8-34-95-79(112)18-10-44-139-68-47-59(3)86(60(4)48-68)143(136,137)104-71(91(126)127)50-97-88(122)64-27-21-62(22-28-64)24-30-66-12-6-16-77(93)99-66/h5-6,11-12,15-16,19-22,25-28,45-48,69-73,103-104H,7-10,13-14,17-18,23-24,29-44,49-56H2,1-4H3,(H2,92,98)(H2,93,99)(H,94,111)(H,95,112)(H,96,121)(H,97,122)(H,100,114)(H,101,113)(H,102,123)(H,115,116)(H,117,118)(H,119,120)(H,124,125)(H,126,127)(H,128,129,130)(H,131,132,133)/t69-,70?,71?,72-,73-/m0/s1. The molecule has 5 atom stereocenters. The summed E-state index contributed by atoms with van der Waals surface area (Å²) < 4.78 is 141. The lowest BCUT2D eigenvalue weighted by atomic mass is 10.1. The first-order chi connectivity index (χ1) is 67.4. The fraction of sp³-hybridized carbons (Fsp3) is 0.473. The molecule has 2 aromatic heterocycles. The summed E-state index contributed by atoms with van der Waals surface area (Å²) in [6.07, 6.45) is -1.09. The highest BCUT2D eigenvalue weighted by atomic mass is 32.2. The Morgan fingerprint density at radius 1 is 0.392 bits per heavy atom. The normalized spacial score (nSPS) is 14.4. The lowest BCUT2D eigenvalue weighted by Crippen LogP contribution is -2.55. The van der Waals surface area contributed by atoms with Crippen LogP contribution in [-0.4, -0.2) is 340 Å². The number of nitrogen functional groups attached to an aromatic ring is 2. The van der Waals surface area contributed by atoms with E-state index in [4.69, 9.17) is 20.9 Å². The van der Waals surface area contributed by atoms with Gasteiger partial charge in [-0.15, -0.1) is 0 Å². The molecule has 7 amide bonds. The summed E-state index contributed by atoms with van der Waals surface area (Å²) in [6.45, 7) is 1.16. The number of amides is 7. The molecule has 1 saturated heterocycles. The van der Waals surface area contributed by atoms with Crippen LogP contribution in [0.4, 0.5) is 11.6 Å². The number of anilines is 2. The van der Waals surface area contributed by atoms with E-state index in [0.29, 0.717) is 37.3 Å². The fourth-order valence-electron chi connectivity index (χ4n) is 15.3. The van der Waals surface area contributed by atoms with E-state index < -0.39 is 230 Å². The van der Waals surface area contributed by atoms with Crippen molar-refractivity contribution in [2.75, 3.05) is 141 Å². The van der Waals surface area contributed by atoms with Crippen molar-refractivity contribution < 1.29 is 145 Å². The first-order valence-corrected chi connectivity index (χ1v) is 51.6. The molecule has 7 rings (SSSR count). The van der Waals surface area contributed by atoms with Gasteiger partial charge in [0, 0.05) is 133 Å². The van der Waals surface area contributed by atoms with Crippen LogP contribution in [0.5, 0.6) is 11.5 Å². The number of aryl methyl sites for hydroxylation is 8. The minimum atomic E-state index is -5.17. The molecule has 1 aliphatic heterocycles. The first kappa shape index (κ1) is 117. The molecule has 3 heterocycles. The van der Waals surface area contributed by atoms with Crippen LogP contribution in [0, 0.1) is 27.7 Å². The Hall–Kier alpha value is -13.2. The lowest BCUT2D eigenvalue weighted by Gasteiger charge is -2.33. The van der Waals surface area contributed by atoms with Crippen LogP contribution >= 0.6 is 0 Å². The number of hydrogen-bond donors (Lipinski definition) is 18. The van der Waals surface area contributed by atoms with Gasteiger partial charge in [0.2, 0.25) is 49.6 Å². The van der Waals surface area contributed by atoms with Crippen LogP contribution in [-0.2, 0) is 124 Å². The zero-order valence-electron chi connectivity index (χ0n) is 79.2. The third-order valence-corrected chi connectivity index (χ3v) is 27.4. The maximum atomic E-state index is 14.5. The third-order valence-electron chi connectivity index (χ3n) is 22.3. The number of aliphatic carboxylic acids is 5. The predicted molar refractivity (Wildman–Crippen MR) is 515 cm³/mol. The molecule has 20 N–H and O–H groups in total.